The van der Waals surface area contributed by atoms with Crippen LogP contribution in [0.3, 0.4) is 0 Å². The predicted octanol–water partition coefficient (Wildman–Crippen LogP) is 4.16. The van der Waals surface area contributed by atoms with Gasteiger partial charge in [0.1, 0.15) is 5.82 Å². The lowest BCUT2D eigenvalue weighted by atomic mass is 10.2. The normalized spacial score (nSPS) is 10.3. The molecule has 2 heteroatoms. The van der Waals surface area contributed by atoms with E-state index in [1.807, 2.05) is 30.3 Å². The lowest BCUT2D eigenvalue weighted by Gasteiger charge is -2.05. The van der Waals surface area contributed by atoms with Gasteiger partial charge in [-0.3, -0.25) is 0 Å². The molecule has 1 radical (unpaired) electrons. The van der Waals surface area contributed by atoms with Crippen molar-refractivity contribution in [1.29, 1.82) is 0 Å². The molecule has 2 aromatic rings. The summed E-state index contributed by atoms with van der Waals surface area (Å²) in [5.41, 5.74) is 0.922. The van der Waals surface area contributed by atoms with Crippen LogP contribution in [-0.2, 0) is 0 Å². The van der Waals surface area contributed by atoms with Crippen LogP contribution in [0.25, 0.3) is 0 Å². The standard InChI is InChI=1S/C13H10FS/c1-10-6-2-4-8-12(10)15-13-9-5-3-7-11(13)14/h2-9H,1H2. The van der Waals surface area contributed by atoms with E-state index >= 15 is 0 Å². The molecule has 0 heterocycles. The van der Waals surface area contributed by atoms with Crippen LogP contribution in [0, 0.1) is 12.7 Å². The van der Waals surface area contributed by atoms with Crippen LogP contribution in [0.5, 0.6) is 0 Å². The van der Waals surface area contributed by atoms with Crippen molar-refractivity contribution in [3.63, 3.8) is 0 Å². The van der Waals surface area contributed by atoms with Crippen molar-refractivity contribution in [1.82, 2.24) is 0 Å². The fraction of sp³-hybridized carbons (Fsp3) is 0. The van der Waals surface area contributed by atoms with E-state index < -0.39 is 0 Å². The van der Waals surface area contributed by atoms with E-state index in [0.717, 1.165) is 10.5 Å². The largest absolute Gasteiger partial charge is 0.206 e. The second-order valence-electron chi connectivity index (χ2n) is 3.14. The highest BCUT2D eigenvalue weighted by atomic mass is 32.2. The topological polar surface area (TPSA) is 0 Å². The first-order valence-corrected chi connectivity index (χ1v) is 5.42. The average molecular weight is 217 g/mol. The number of rotatable bonds is 2. The maximum Gasteiger partial charge on any atom is 0.137 e. The van der Waals surface area contributed by atoms with Crippen LogP contribution >= 0.6 is 11.8 Å². The highest BCUT2D eigenvalue weighted by Gasteiger charge is 2.04. The highest BCUT2D eigenvalue weighted by molar-refractivity contribution is 7.99. The van der Waals surface area contributed by atoms with Crippen LogP contribution in [-0.4, -0.2) is 0 Å². The summed E-state index contributed by atoms with van der Waals surface area (Å²) in [7, 11) is 0. The van der Waals surface area contributed by atoms with Gasteiger partial charge in [0.15, 0.2) is 0 Å². The van der Waals surface area contributed by atoms with Crippen molar-refractivity contribution in [2.45, 2.75) is 9.79 Å². The molecule has 0 amide bonds. The zero-order chi connectivity index (χ0) is 10.7. The van der Waals surface area contributed by atoms with Gasteiger partial charge in [0.05, 0.1) is 0 Å². The van der Waals surface area contributed by atoms with Crippen LogP contribution in [0.2, 0.25) is 0 Å². The Labute approximate surface area is 93.1 Å². The molecule has 0 saturated carbocycles. The molecule has 0 nitrogen and oxygen atoms in total. The smallest absolute Gasteiger partial charge is 0.137 e. The van der Waals surface area contributed by atoms with Crippen LogP contribution in [0.15, 0.2) is 58.3 Å². The molecule has 0 saturated heterocycles. The zero-order valence-electron chi connectivity index (χ0n) is 8.11. The Hall–Kier alpha value is -1.28. The summed E-state index contributed by atoms with van der Waals surface area (Å²) in [6.45, 7) is 3.90. The van der Waals surface area contributed by atoms with Crippen molar-refractivity contribution >= 4 is 11.8 Å². The monoisotopic (exact) mass is 217 g/mol. The quantitative estimate of drug-likeness (QED) is 0.728. The molecule has 75 valence electrons. The van der Waals surface area contributed by atoms with Crippen molar-refractivity contribution < 1.29 is 4.39 Å². The van der Waals surface area contributed by atoms with Crippen LogP contribution in [0.4, 0.5) is 4.39 Å². The Morgan fingerprint density at radius 3 is 2.13 bits per heavy atom. The molecule has 0 fully saturated rings. The van der Waals surface area contributed by atoms with Crippen molar-refractivity contribution in [3.8, 4) is 0 Å². The second kappa shape index (κ2) is 4.49. The second-order valence-corrected chi connectivity index (χ2v) is 4.22. The summed E-state index contributed by atoms with van der Waals surface area (Å²) in [4.78, 5) is 1.62. The van der Waals surface area contributed by atoms with E-state index in [1.165, 1.54) is 17.8 Å². The molecule has 15 heavy (non-hydrogen) atoms. The lowest BCUT2D eigenvalue weighted by Crippen LogP contribution is -1.82. The Morgan fingerprint density at radius 1 is 0.867 bits per heavy atom. The summed E-state index contributed by atoms with van der Waals surface area (Å²) in [6.07, 6.45) is 0. The first-order chi connectivity index (χ1) is 7.27. The van der Waals surface area contributed by atoms with Gasteiger partial charge in [0, 0.05) is 9.79 Å². The minimum Gasteiger partial charge on any atom is -0.206 e. The molecule has 2 aromatic carbocycles. The number of benzene rings is 2. The Kier molecular flexibility index (Phi) is 3.07. The number of hydrogen-bond donors (Lipinski definition) is 0. The van der Waals surface area contributed by atoms with E-state index in [1.54, 1.807) is 12.1 Å². The van der Waals surface area contributed by atoms with E-state index in [0.29, 0.717) is 4.90 Å². The molecular formula is C13H10FS. The van der Waals surface area contributed by atoms with E-state index in [-0.39, 0.29) is 5.82 Å². The molecule has 0 unspecified atom stereocenters. The first kappa shape index (κ1) is 10.2. The molecule has 2 rings (SSSR count). The minimum absolute atomic E-state index is 0.189. The first-order valence-electron chi connectivity index (χ1n) is 4.61. The fourth-order valence-corrected chi connectivity index (χ4v) is 2.14. The van der Waals surface area contributed by atoms with Crippen molar-refractivity contribution in [2.75, 3.05) is 0 Å². The third-order valence-electron chi connectivity index (χ3n) is 2.03. The molecule has 0 bridgehead atoms. The molecule has 0 N–H and O–H groups in total. The van der Waals surface area contributed by atoms with Gasteiger partial charge in [-0.15, -0.1) is 0 Å². The van der Waals surface area contributed by atoms with Crippen molar-refractivity contribution in [3.05, 3.63) is 66.8 Å². The number of halogens is 1. The van der Waals surface area contributed by atoms with Gasteiger partial charge in [-0.2, -0.15) is 0 Å². The molecule has 0 aliphatic heterocycles. The zero-order valence-corrected chi connectivity index (χ0v) is 8.93. The lowest BCUT2D eigenvalue weighted by molar-refractivity contribution is 0.602. The van der Waals surface area contributed by atoms with Crippen LogP contribution in [0.1, 0.15) is 5.56 Å². The van der Waals surface area contributed by atoms with E-state index in [2.05, 4.69) is 6.92 Å². The summed E-state index contributed by atoms with van der Waals surface area (Å²) in [5, 5.41) is 0. The maximum absolute atomic E-state index is 13.4. The third-order valence-corrected chi connectivity index (χ3v) is 3.20. The van der Waals surface area contributed by atoms with Gasteiger partial charge in [0.25, 0.3) is 0 Å². The molecule has 0 aliphatic carbocycles. The fourth-order valence-electron chi connectivity index (χ4n) is 1.25. The Balaban J connectivity index is 2.30. The predicted molar refractivity (Wildman–Crippen MR) is 61.4 cm³/mol. The third kappa shape index (κ3) is 2.39. The molecule has 0 atom stereocenters. The maximum atomic E-state index is 13.4. The molecule has 0 aromatic heterocycles. The number of hydrogen-bond acceptors (Lipinski definition) is 1. The Bertz CT molecular complexity index is 422. The van der Waals surface area contributed by atoms with E-state index in [4.69, 9.17) is 0 Å². The van der Waals surface area contributed by atoms with Gasteiger partial charge in [-0.05, 0) is 30.7 Å². The van der Waals surface area contributed by atoms with Crippen molar-refractivity contribution in [2.24, 2.45) is 0 Å². The SMILES string of the molecule is [CH2]c1ccccc1Sc1ccccc1F. The van der Waals surface area contributed by atoms with Gasteiger partial charge >= 0.3 is 0 Å². The minimum atomic E-state index is -0.189. The molecular weight excluding hydrogens is 207 g/mol. The summed E-state index contributed by atoms with van der Waals surface area (Å²) in [6, 6.07) is 14.5. The Morgan fingerprint density at radius 2 is 1.47 bits per heavy atom. The highest BCUT2D eigenvalue weighted by Crippen LogP contribution is 2.31. The molecule has 0 aliphatic rings. The van der Waals surface area contributed by atoms with Crippen LogP contribution < -0.4 is 0 Å². The van der Waals surface area contributed by atoms with E-state index in [9.17, 15) is 4.39 Å². The van der Waals surface area contributed by atoms with Gasteiger partial charge in [0.2, 0.25) is 0 Å². The molecule has 0 spiro atoms. The summed E-state index contributed by atoms with van der Waals surface area (Å²) >= 11 is 1.40. The average Bonchev–Trinajstić information content (AvgIpc) is 2.24. The van der Waals surface area contributed by atoms with Gasteiger partial charge in [-0.1, -0.05) is 42.1 Å². The summed E-state index contributed by atoms with van der Waals surface area (Å²) in [5.74, 6) is -0.189. The van der Waals surface area contributed by atoms with Gasteiger partial charge < -0.3 is 0 Å². The van der Waals surface area contributed by atoms with Gasteiger partial charge in [-0.25, -0.2) is 4.39 Å². The summed E-state index contributed by atoms with van der Waals surface area (Å²) < 4.78 is 13.4.